The number of amides is 2. The van der Waals surface area contributed by atoms with Crippen molar-refractivity contribution in [3.63, 3.8) is 0 Å². The van der Waals surface area contributed by atoms with Gasteiger partial charge < -0.3 is 19.0 Å². The molecule has 0 N–H and O–H groups in total. The molecule has 0 aliphatic carbocycles. The van der Waals surface area contributed by atoms with E-state index in [1.807, 2.05) is 39.4 Å². The van der Waals surface area contributed by atoms with Crippen LogP contribution in [0.3, 0.4) is 0 Å². The highest BCUT2D eigenvalue weighted by molar-refractivity contribution is 7.09. The van der Waals surface area contributed by atoms with Crippen molar-refractivity contribution >= 4 is 40.1 Å². The summed E-state index contributed by atoms with van der Waals surface area (Å²) in [4.78, 5) is 47.9. The monoisotopic (exact) mass is 510 g/mol. The number of para-hydroxylation sites is 1. The molecule has 0 bridgehead atoms. The summed E-state index contributed by atoms with van der Waals surface area (Å²) in [5.74, 6) is 0.233. The number of piperidine rings is 1. The number of esters is 1. The van der Waals surface area contributed by atoms with Crippen molar-refractivity contribution in [3.8, 4) is 0 Å². The van der Waals surface area contributed by atoms with Crippen LogP contribution in [-0.2, 0) is 9.53 Å². The summed E-state index contributed by atoms with van der Waals surface area (Å²) >= 11 is 1.52. The number of carbonyl (C=O) groups is 3. The first-order valence-electron chi connectivity index (χ1n) is 12.4. The lowest BCUT2D eigenvalue weighted by atomic mass is 9.97. The Morgan fingerprint density at radius 2 is 1.75 bits per heavy atom. The molecular formula is C26H30N4O5S. The second-order valence-corrected chi connectivity index (χ2v) is 10.0. The Kier molecular flexibility index (Phi) is 7.33. The zero-order valence-electron chi connectivity index (χ0n) is 20.4. The average Bonchev–Trinajstić information content (AvgIpc) is 3.56. The molecule has 0 unspecified atom stereocenters. The molecule has 2 aromatic heterocycles. The van der Waals surface area contributed by atoms with Crippen molar-refractivity contribution < 1.29 is 23.5 Å². The summed E-state index contributed by atoms with van der Waals surface area (Å²) in [7, 11) is 0. The lowest BCUT2D eigenvalue weighted by molar-refractivity contribution is -0.144. The fourth-order valence-corrected chi connectivity index (χ4v) is 5.77. The summed E-state index contributed by atoms with van der Waals surface area (Å²) in [6, 6.07) is 9.43. The van der Waals surface area contributed by atoms with E-state index in [4.69, 9.17) is 9.15 Å². The Labute approximate surface area is 213 Å². The van der Waals surface area contributed by atoms with E-state index in [-0.39, 0.29) is 30.2 Å². The van der Waals surface area contributed by atoms with E-state index in [0.717, 1.165) is 28.8 Å². The third-order valence-corrected chi connectivity index (χ3v) is 7.83. The lowest BCUT2D eigenvalue weighted by Crippen LogP contribution is -2.50. The molecule has 3 aromatic rings. The third kappa shape index (κ3) is 5.29. The summed E-state index contributed by atoms with van der Waals surface area (Å²) < 4.78 is 10.8. The predicted octanol–water partition coefficient (Wildman–Crippen LogP) is 3.23. The first-order chi connectivity index (χ1) is 17.5. The number of fused-ring (bicyclic) bond motifs is 1. The molecule has 9 nitrogen and oxygen atoms in total. The molecule has 0 radical (unpaired) electrons. The van der Waals surface area contributed by atoms with Crippen molar-refractivity contribution in [3.05, 3.63) is 52.2 Å². The molecule has 2 aliphatic heterocycles. The highest BCUT2D eigenvalue weighted by Gasteiger charge is 2.30. The average molecular weight is 511 g/mol. The number of piperazine rings is 1. The number of rotatable bonds is 6. The second-order valence-electron chi connectivity index (χ2n) is 9.16. The molecule has 36 heavy (non-hydrogen) atoms. The van der Waals surface area contributed by atoms with Gasteiger partial charge in [-0.05, 0) is 31.9 Å². The minimum Gasteiger partial charge on any atom is -0.465 e. The van der Waals surface area contributed by atoms with Crippen LogP contribution in [0.25, 0.3) is 11.0 Å². The number of carbonyl (C=O) groups excluding carboxylic acids is 3. The second kappa shape index (κ2) is 10.8. The molecular weight excluding hydrogens is 480 g/mol. The van der Waals surface area contributed by atoms with E-state index in [0.29, 0.717) is 57.3 Å². The molecule has 2 saturated heterocycles. The lowest BCUT2D eigenvalue weighted by Gasteiger charge is -2.33. The zero-order chi connectivity index (χ0) is 25.1. The number of aromatic nitrogens is 1. The first kappa shape index (κ1) is 24.5. The maximum atomic E-state index is 13.0. The van der Waals surface area contributed by atoms with E-state index in [1.54, 1.807) is 17.9 Å². The fourth-order valence-electron chi connectivity index (χ4n) is 4.81. The molecule has 0 atom stereocenters. The van der Waals surface area contributed by atoms with E-state index in [1.165, 1.54) is 11.3 Å². The first-order valence-corrected chi connectivity index (χ1v) is 13.3. The summed E-state index contributed by atoms with van der Waals surface area (Å²) in [6.45, 7) is 6.09. The number of nitrogens with zero attached hydrogens (tertiary/aromatic N) is 4. The smallest absolute Gasteiger partial charge is 0.320 e. The van der Waals surface area contributed by atoms with Gasteiger partial charge in [0, 0.05) is 56.0 Å². The predicted molar refractivity (Wildman–Crippen MR) is 135 cm³/mol. The van der Waals surface area contributed by atoms with Crippen molar-refractivity contribution in [2.45, 2.75) is 25.7 Å². The van der Waals surface area contributed by atoms with Crippen LogP contribution in [-0.4, -0.2) is 89.9 Å². The van der Waals surface area contributed by atoms with Crippen LogP contribution in [0.15, 0.2) is 40.1 Å². The van der Waals surface area contributed by atoms with Gasteiger partial charge in [-0.2, -0.15) is 0 Å². The highest BCUT2D eigenvalue weighted by atomic mass is 32.1. The Bertz CT molecular complexity index is 1200. The van der Waals surface area contributed by atoms with Crippen LogP contribution in [0.2, 0.25) is 0 Å². The van der Waals surface area contributed by atoms with Gasteiger partial charge in [0.15, 0.2) is 5.76 Å². The van der Waals surface area contributed by atoms with Gasteiger partial charge in [0.25, 0.3) is 11.8 Å². The molecule has 0 saturated carbocycles. The van der Waals surface area contributed by atoms with Crippen molar-refractivity contribution in [2.75, 3.05) is 52.4 Å². The molecule has 2 amide bonds. The Morgan fingerprint density at radius 3 is 2.47 bits per heavy atom. The molecule has 190 valence electrons. The number of thiazole rings is 1. The Morgan fingerprint density at radius 1 is 1.03 bits per heavy atom. The van der Waals surface area contributed by atoms with Gasteiger partial charge in [0.1, 0.15) is 11.3 Å². The topological polar surface area (TPSA) is 96.2 Å². The number of likely N-dealkylation sites (tertiary alicyclic amines) is 1. The molecule has 10 heteroatoms. The summed E-state index contributed by atoms with van der Waals surface area (Å²) in [5.41, 5.74) is 1.20. The maximum Gasteiger partial charge on any atom is 0.320 e. The van der Waals surface area contributed by atoms with E-state index in [2.05, 4.69) is 4.98 Å². The van der Waals surface area contributed by atoms with Crippen molar-refractivity contribution in [1.29, 1.82) is 0 Å². The van der Waals surface area contributed by atoms with Gasteiger partial charge in [-0.3, -0.25) is 19.3 Å². The van der Waals surface area contributed by atoms with Gasteiger partial charge in [0.2, 0.25) is 0 Å². The molecule has 2 aliphatic rings. The van der Waals surface area contributed by atoms with E-state index < -0.39 is 0 Å². The van der Waals surface area contributed by atoms with Crippen LogP contribution < -0.4 is 0 Å². The standard InChI is InChI=1S/C26H30N4O5S/c1-2-34-23(31)16-28-11-13-30(14-12-28)25(32)20-17-36-24(27-20)18-7-9-29(10-8-18)26(33)22-15-19-5-3-4-6-21(19)35-22/h3-6,15,17-18H,2,7-14,16H2,1H3. The number of hydrogen-bond donors (Lipinski definition) is 0. The minimum absolute atomic E-state index is 0.0641. The van der Waals surface area contributed by atoms with Crippen LogP contribution in [0.4, 0.5) is 0 Å². The van der Waals surface area contributed by atoms with Gasteiger partial charge in [-0.15, -0.1) is 11.3 Å². The van der Waals surface area contributed by atoms with Crippen LogP contribution in [0.5, 0.6) is 0 Å². The summed E-state index contributed by atoms with van der Waals surface area (Å²) in [6.07, 6.45) is 1.61. The molecule has 4 heterocycles. The van der Waals surface area contributed by atoms with Crippen LogP contribution in [0.1, 0.15) is 51.7 Å². The molecule has 2 fully saturated rings. The van der Waals surface area contributed by atoms with Crippen LogP contribution >= 0.6 is 11.3 Å². The van der Waals surface area contributed by atoms with Crippen LogP contribution in [0, 0.1) is 0 Å². The Hall–Kier alpha value is -3.24. The molecule has 5 rings (SSSR count). The molecule has 0 spiro atoms. The van der Waals surface area contributed by atoms with Gasteiger partial charge in [0.05, 0.1) is 18.2 Å². The van der Waals surface area contributed by atoms with Crippen molar-refractivity contribution in [1.82, 2.24) is 19.7 Å². The third-order valence-electron chi connectivity index (χ3n) is 6.83. The maximum absolute atomic E-state index is 13.0. The summed E-state index contributed by atoms with van der Waals surface area (Å²) in [5, 5.41) is 3.72. The SMILES string of the molecule is CCOC(=O)CN1CCN(C(=O)c2csc(C3CCN(C(=O)c4cc5ccccc5o4)CC3)n2)CC1. The number of furan rings is 1. The van der Waals surface area contributed by atoms with E-state index in [9.17, 15) is 14.4 Å². The number of ether oxygens (including phenoxy) is 1. The Balaban J connectivity index is 1.12. The minimum atomic E-state index is -0.230. The largest absolute Gasteiger partial charge is 0.465 e. The normalized spacial score (nSPS) is 17.5. The number of hydrogen-bond acceptors (Lipinski definition) is 8. The van der Waals surface area contributed by atoms with Gasteiger partial charge in [-0.1, -0.05) is 18.2 Å². The zero-order valence-corrected chi connectivity index (χ0v) is 21.2. The van der Waals surface area contributed by atoms with Crippen molar-refractivity contribution in [2.24, 2.45) is 0 Å². The molecule has 1 aromatic carbocycles. The quantitative estimate of drug-likeness (QED) is 0.470. The fraction of sp³-hybridized carbons (Fsp3) is 0.462. The van der Waals surface area contributed by atoms with Gasteiger partial charge in [-0.25, -0.2) is 4.98 Å². The number of benzene rings is 1. The van der Waals surface area contributed by atoms with Gasteiger partial charge >= 0.3 is 5.97 Å². The van der Waals surface area contributed by atoms with E-state index >= 15 is 0 Å². The highest BCUT2D eigenvalue weighted by Crippen LogP contribution is 2.31.